The number of hydrogen-bond donors (Lipinski definition) is 3. The first-order valence-electron chi connectivity index (χ1n) is 8.52. The zero-order valence-corrected chi connectivity index (χ0v) is 16.1. The predicted molar refractivity (Wildman–Crippen MR) is 105 cm³/mol. The van der Waals surface area contributed by atoms with E-state index in [9.17, 15) is 15.6 Å². The lowest BCUT2D eigenvalue weighted by Crippen LogP contribution is -2.53. The Labute approximate surface area is 167 Å². The molecular weight excluding hydrogens is 378 g/mol. The van der Waals surface area contributed by atoms with Gasteiger partial charge in [0.25, 0.3) is 0 Å². The molecule has 0 aromatic heterocycles. The zero-order chi connectivity index (χ0) is 20.5. The second kappa shape index (κ2) is 7.40. The van der Waals surface area contributed by atoms with Crippen LogP contribution < -0.4 is 15.8 Å². The molecule has 0 unspecified atom stereocenters. The van der Waals surface area contributed by atoms with Crippen molar-refractivity contribution in [2.24, 2.45) is 5.73 Å². The van der Waals surface area contributed by atoms with E-state index in [-0.39, 0.29) is 5.96 Å². The SMILES string of the molecule is CC1(C)Oc2ccc(C#N)cc2[C@@H]([N+](C#N)=C(N)Nc2ccc(Cl)cc2)[C@@H]1O. The number of aliphatic hydroxyl groups excluding tert-OH is 1. The lowest BCUT2D eigenvalue weighted by molar-refractivity contribution is -0.513. The van der Waals surface area contributed by atoms with E-state index in [1.165, 1.54) is 4.58 Å². The second-order valence-electron chi connectivity index (χ2n) is 6.95. The van der Waals surface area contributed by atoms with E-state index in [1.807, 2.05) is 6.19 Å². The molecule has 3 rings (SSSR count). The zero-order valence-electron chi connectivity index (χ0n) is 15.3. The number of aliphatic hydroxyl groups is 1. The van der Waals surface area contributed by atoms with Crippen molar-refractivity contribution in [3.05, 3.63) is 58.6 Å². The van der Waals surface area contributed by atoms with Crippen LogP contribution in [0.15, 0.2) is 42.5 Å². The molecule has 0 saturated carbocycles. The van der Waals surface area contributed by atoms with Gasteiger partial charge in [-0.05, 0) is 61.6 Å². The first kappa shape index (κ1) is 19.5. The third kappa shape index (κ3) is 3.59. The van der Waals surface area contributed by atoms with Crippen molar-refractivity contribution in [1.82, 2.24) is 0 Å². The third-order valence-corrected chi connectivity index (χ3v) is 4.86. The molecule has 28 heavy (non-hydrogen) atoms. The van der Waals surface area contributed by atoms with Gasteiger partial charge in [0.1, 0.15) is 23.5 Å². The lowest BCUT2D eigenvalue weighted by Gasteiger charge is -2.41. The Morgan fingerprint density at radius 2 is 1.93 bits per heavy atom. The minimum absolute atomic E-state index is 0.0277. The van der Waals surface area contributed by atoms with Crippen molar-refractivity contribution in [3.63, 3.8) is 0 Å². The molecule has 0 aliphatic carbocycles. The first-order valence-corrected chi connectivity index (χ1v) is 8.89. The number of halogens is 1. The number of nitrogens with zero attached hydrogens (tertiary/aromatic N) is 3. The molecule has 0 amide bonds. The van der Waals surface area contributed by atoms with Crippen molar-refractivity contribution in [3.8, 4) is 18.0 Å². The van der Waals surface area contributed by atoms with Crippen LogP contribution >= 0.6 is 11.6 Å². The number of benzene rings is 2. The first-order chi connectivity index (χ1) is 13.3. The fourth-order valence-corrected chi connectivity index (χ4v) is 3.25. The highest BCUT2D eigenvalue weighted by Gasteiger charge is 2.46. The number of fused-ring (bicyclic) bond motifs is 1. The maximum Gasteiger partial charge on any atom is 0.327 e. The van der Waals surface area contributed by atoms with E-state index < -0.39 is 17.7 Å². The Morgan fingerprint density at radius 1 is 1.25 bits per heavy atom. The Bertz CT molecular complexity index is 1020. The van der Waals surface area contributed by atoms with Gasteiger partial charge in [-0.3, -0.25) is 5.32 Å². The minimum Gasteiger partial charge on any atom is -0.485 e. The smallest absolute Gasteiger partial charge is 0.327 e. The van der Waals surface area contributed by atoms with Gasteiger partial charge in [-0.1, -0.05) is 11.6 Å². The molecule has 2 aromatic rings. The molecular formula is C20H19ClN5O2+. The molecule has 0 fully saturated rings. The Balaban J connectivity index is 2.11. The number of nitriles is 2. The molecule has 8 heteroatoms. The molecule has 2 aromatic carbocycles. The fourth-order valence-electron chi connectivity index (χ4n) is 3.12. The van der Waals surface area contributed by atoms with E-state index in [0.717, 1.165) is 0 Å². The van der Waals surface area contributed by atoms with Crippen molar-refractivity contribution in [1.29, 1.82) is 10.5 Å². The van der Waals surface area contributed by atoms with E-state index in [1.54, 1.807) is 56.3 Å². The number of rotatable bonds is 2. The number of nitrogens with two attached hydrogens (primary N) is 1. The molecule has 0 radical (unpaired) electrons. The Morgan fingerprint density at radius 3 is 2.54 bits per heavy atom. The minimum atomic E-state index is -1.08. The predicted octanol–water partition coefficient (Wildman–Crippen LogP) is 2.71. The normalized spacial score (nSPS) is 20.6. The van der Waals surface area contributed by atoms with Gasteiger partial charge in [0.05, 0.1) is 17.3 Å². The van der Waals surface area contributed by atoms with Crippen molar-refractivity contribution >= 4 is 23.2 Å². The fraction of sp³-hybridized carbons (Fsp3) is 0.250. The van der Waals surface area contributed by atoms with E-state index in [0.29, 0.717) is 27.6 Å². The van der Waals surface area contributed by atoms with Crippen LogP contribution in [0.1, 0.15) is 31.0 Å². The molecule has 7 nitrogen and oxygen atoms in total. The summed E-state index contributed by atoms with van der Waals surface area (Å²) in [6.07, 6.45) is 0.950. The number of ether oxygens (including phenoxy) is 1. The van der Waals surface area contributed by atoms with Crippen molar-refractivity contribution in [2.75, 3.05) is 5.32 Å². The number of guanidine groups is 1. The van der Waals surface area contributed by atoms with Gasteiger partial charge in [0.15, 0.2) is 0 Å². The van der Waals surface area contributed by atoms with Crippen LogP contribution in [0.4, 0.5) is 5.69 Å². The van der Waals surface area contributed by atoms with Crippen LogP contribution in [0.3, 0.4) is 0 Å². The van der Waals surface area contributed by atoms with Crippen molar-refractivity contribution in [2.45, 2.75) is 31.6 Å². The molecule has 1 aliphatic heterocycles. The Kier molecular flexibility index (Phi) is 5.15. The van der Waals surface area contributed by atoms with Crippen LogP contribution in [-0.2, 0) is 0 Å². The summed E-state index contributed by atoms with van der Waals surface area (Å²) in [6.45, 7) is 3.45. The van der Waals surface area contributed by atoms with Gasteiger partial charge in [-0.25, -0.2) is 0 Å². The summed E-state index contributed by atoms with van der Waals surface area (Å²) in [7, 11) is 0. The van der Waals surface area contributed by atoms with Gasteiger partial charge in [0, 0.05) is 10.6 Å². The topological polar surface area (TPSA) is 118 Å². The van der Waals surface area contributed by atoms with Gasteiger partial charge in [-0.2, -0.15) is 9.84 Å². The van der Waals surface area contributed by atoms with Gasteiger partial charge < -0.3 is 15.6 Å². The number of hydrogen-bond acceptors (Lipinski definition) is 4. The quantitative estimate of drug-likeness (QED) is 0.236. The maximum absolute atomic E-state index is 10.9. The Hall–Kier alpha value is -3.26. The van der Waals surface area contributed by atoms with Crippen molar-refractivity contribution < 1.29 is 14.4 Å². The molecule has 1 heterocycles. The maximum atomic E-state index is 10.9. The molecule has 0 bridgehead atoms. The number of nitrogens with one attached hydrogen (secondary N) is 1. The molecule has 4 N–H and O–H groups in total. The molecule has 2 atom stereocenters. The summed E-state index contributed by atoms with van der Waals surface area (Å²) >= 11 is 5.89. The summed E-state index contributed by atoms with van der Waals surface area (Å²) in [4.78, 5) is 0. The summed E-state index contributed by atoms with van der Waals surface area (Å²) in [5, 5.41) is 33.5. The van der Waals surface area contributed by atoms with Crippen LogP contribution in [0.5, 0.6) is 5.75 Å². The standard InChI is InChI=1S/C20H18ClN5O2/c1-20(2)18(27)17(15-9-12(10-22)3-8-16(15)28-20)26(11-23)19(24)25-14-6-4-13(21)5-7-14/h3-9,17-18,27H,1-2H3,(H2,24,25)/p+1/t17-,18+/m1/s1. The van der Waals surface area contributed by atoms with Crippen LogP contribution in [0.2, 0.25) is 5.02 Å². The third-order valence-electron chi connectivity index (χ3n) is 4.60. The van der Waals surface area contributed by atoms with Crippen LogP contribution in [0.25, 0.3) is 0 Å². The summed E-state index contributed by atoms with van der Waals surface area (Å²) in [6, 6.07) is 12.9. The molecule has 1 aliphatic rings. The highest BCUT2D eigenvalue weighted by Crippen LogP contribution is 2.41. The average Bonchev–Trinajstić information content (AvgIpc) is 2.66. The average molecular weight is 397 g/mol. The van der Waals surface area contributed by atoms with Gasteiger partial charge in [-0.15, -0.1) is 0 Å². The van der Waals surface area contributed by atoms with E-state index in [2.05, 4.69) is 11.4 Å². The largest absolute Gasteiger partial charge is 0.485 e. The second-order valence-corrected chi connectivity index (χ2v) is 7.38. The molecule has 0 saturated heterocycles. The number of anilines is 1. The molecule has 142 valence electrons. The van der Waals surface area contributed by atoms with E-state index >= 15 is 0 Å². The van der Waals surface area contributed by atoms with Crippen LogP contribution in [-0.4, -0.2) is 27.3 Å². The monoisotopic (exact) mass is 396 g/mol. The highest BCUT2D eigenvalue weighted by atomic mass is 35.5. The molecule has 0 spiro atoms. The highest BCUT2D eigenvalue weighted by molar-refractivity contribution is 6.30. The van der Waals surface area contributed by atoms with Crippen LogP contribution in [0, 0.1) is 22.8 Å². The summed E-state index contributed by atoms with van der Waals surface area (Å²) < 4.78 is 7.07. The van der Waals surface area contributed by atoms with Gasteiger partial charge >= 0.3 is 12.2 Å². The van der Waals surface area contributed by atoms with E-state index in [4.69, 9.17) is 22.1 Å². The van der Waals surface area contributed by atoms with Gasteiger partial charge in [0.2, 0.25) is 0 Å². The summed E-state index contributed by atoms with van der Waals surface area (Å²) in [5.74, 6) is 0.513. The lowest BCUT2D eigenvalue weighted by atomic mass is 9.85. The summed E-state index contributed by atoms with van der Waals surface area (Å²) in [5.41, 5.74) is 6.73.